The van der Waals surface area contributed by atoms with E-state index in [4.69, 9.17) is 16.3 Å². The summed E-state index contributed by atoms with van der Waals surface area (Å²) in [5.74, 6) is -2.87. The van der Waals surface area contributed by atoms with Gasteiger partial charge in [0.2, 0.25) is 5.91 Å². The number of alkyl halides is 3. The Kier molecular flexibility index (Phi) is 8.80. The number of amides is 1. The van der Waals surface area contributed by atoms with E-state index in [0.717, 1.165) is 18.2 Å². The molecule has 1 saturated carbocycles. The van der Waals surface area contributed by atoms with Crippen molar-refractivity contribution in [3.05, 3.63) is 93.8 Å². The Morgan fingerprint density at radius 2 is 1.66 bits per heavy atom. The van der Waals surface area contributed by atoms with E-state index in [-0.39, 0.29) is 29.5 Å². The van der Waals surface area contributed by atoms with E-state index in [0.29, 0.717) is 54.7 Å². The van der Waals surface area contributed by atoms with Crippen LogP contribution < -0.4 is 4.74 Å². The van der Waals surface area contributed by atoms with Crippen LogP contribution in [0.5, 0.6) is 5.75 Å². The predicted molar refractivity (Wildman–Crippen MR) is 164 cm³/mol. The first-order valence-corrected chi connectivity index (χ1v) is 17.2. The smallest absolute Gasteiger partial charge is 0.416 e. The Morgan fingerprint density at radius 1 is 0.979 bits per heavy atom. The molecule has 3 aliphatic rings. The summed E-state index contributed by atoms with van der Waals surface area (Å²) in [4.78, 5) is 27.1. The first-order chi connectivity index (χ1) is 22.2. The second-order valence-electron chi connectivity index (χ2n) is 12.4. The summed E-state index contributed by atoms with van der Waals surface area (Å²) >= 11 is 6.07. The van der Waals surface area contributed by atoms with Gasteiger partial charge in [0.15, 0.2) is 9.84 Å². The van der Waals surface area contributed by atoms with Crippen molar-refractivity contribution in [2.24, 2.45) is 11.8 Å². The molecule has 1 amide bonds. The number of benzene rings is 3. The van der Waals surface area contributed by atoms with E-state index in [1.54, 1.807) is 17.0 Å². The van der Waals surface area contributed by atoms with Crippen LogP contribution in [0.3, 0.4) is 0 Å². The highest BCUT2D eigenvalue weighted by molar-refractivity contribution is 7.92. The van der Waals surface area contributed by atoms with E-state index in [9.17, 15) is 40.7 Å². The van der Waals surface area contributed by atoms with Gasteiger partial charge in [-0.05, 0) is 105 Å². The van der Waals surface area contributed by atoms with Crippen molar-refractivity contribution in [2.75, 3.05) is 6.54 Å². The van der Waals surface area contributed by atoms with Crippen molar-refractivity contribution in [1.82, 2.24) is 4.90 Å². The van der Waals surface area contributed by atoms with Crippen LogP contribution in [-0.2, 0) is 43.4 Å². The maximum atomic E-state index is 14.7. The van der Waals surface area contributed by atoms with E-state index < -0.39 is 68.2 Å². The van der Waals surface area contributed by atoms with Gasteiger partial charge >= 0.3 is 12.1 Å². The highest BCUT2D eigenvalue weighted by Crippen LogP contribution is 2.54. The van der Waals surface area contributed by atoms with Crippen LogP contribution in [0.1, 0.15) is 60.8 Å². The zero-order valence-electron chi connectivity index (χ0n) is 25.1. The molecule has 2 fully saturated rings. The van der Waals surface area contributed by atoms with Gasteiger partial charge in [-0.1, -0.05) is 23.7 Å². The monoisotopic (exact) mass is 693 g/mol. The van der Waals surface area contributed by atoms with Crippen LogP contribution >= 0.6 is 11.6 Å². The average Bonchev–Trinajstić information content (AvgIpc) is 3.45. The molecule has 7 nitrogen and oxygen atoms in total. The minimum Gasteiger partial charge on any atom is -0.489 e. The predicted octanol–water partition coefficient (Wildman–Crippen LogP) is 7.18. The molecule has 1 heterocycles. The van der Waals surface area contributed by atoms with Crippen molar-refractivity contribution < 1.29 is 45.4 Å². The van der Waals surface area contributed by atoms with Crippen LogP contribution in [0.2, 0.25) is 5.02 Å². The Labute approximate surface area is 274 Å². The summed E-state index contributed by atoms with van der Waals surface area (Å²) in [6.45, 7) is -0.510. The molecule has 3 aromatic rings. The fourth-order valence-corrected chi connectivity index (χ4v) is 10.1. The van der Waals surface area contributed by atoms with Gasteiger partial charge in [0.05, 0.1) is 22.4 Å². The molecule has 0 spiro atoms. The van der Waals surface area contributed by atoms with Crippen LogP contribution in [-0.4, -0.2) is 42.9 Å². The lowest BCUT2D eigenvalue weighted by molar-refractivity contribution is -0.146. The Morgan fingerprint density at radius 3 is 2.32 bits per heavy atom. The SMILES string of the molecule is O=C(O)[C@H]1CC[C@H](C(=O)N2CC[C@@]3(S(=O)(=O)c4ccc(Cl)cc4)c4ccc(OCc5c(F)cccc5C(F)(F)F)cc4CC[C@@H]23)CC1. The first-order valence-electron chi connectivity index (χ1n) is 15.4. The van der Waals surface area contributed by atoms with Crippen molar-refractivity contribution in [2.45, 2.75) is 73.4 Å². The van der Waals surface area contributed by atoms with Crippen molar-refractivity contribution in [3.8, 4) is 5.75 Å². The lowest BCUT2D eigenvalue weighted by Crippen LogP contribution is -2.53. The molecule has 6 rings (SSSR count). The number of carboxylic acid groups (broad SMARTS) is 1. The number of nitrogens with zero attached hydrogens (tertiary/aromatic N) is 1. The minimum absolute atomic E-state index is 0.0376. The molecule has 1 aliphatic heterocycles. The maximum absolute atomic E-state index is 14.7. The van der Waals surface area contributed by atoms with Gasteiger partial charge in [-0.2, -0.15) is 13.2 Å². The quantitative estimate of drug-likeness (QED) is 0.263. The van der Waals surface area contributed by atoms with Gasteiger partial charge in [-0.3, -0.25) is 9.59 Å². The molecular weight excluding hydrogens is 662 g/mol. The Bertz CT molecular complexity index is 1810. The number of fused-ring (bicyclic) bond motifs is 3. The standard InChI is InChI=1S/C34H32ClF4NO6S/c35-23-9-12-25(13-10-23)47(44,45)33-16-17-40(31(41)20-4-6-21(7-5-20)32(42)43)30(33)15-8-22-18-24(11-14-27(22)33)46-19-26-28(34(37,38)39)2-1-3-29(26)36/h1-3,9-14,18,20-21,30H,4-8,15-17,19H2,(H,42,43)/t20-,21-,30-,33-/m1/s1. The number of rotatable bonds is 7. The second-order valence-corrected chi connectivity index (χ2v) is 15.1. The van der Waals surface area contributed by atoms with Crippen LogP contribution in [0.4, 0.5) is 17.6 Å². The third-order valence-electron chi connectivity index (χ3n) is 9.98. The first kappa shape index (κ1) is 33.3. The van der Waals surface area contributed by atoms with Crippen LogP contribution in [0.15, 0.2) is 65.6 Å². The third kappa shape index (κ3) is 5.88. The Hall–Kier alpha value is -3.64. The summed E-state index contributed by atoms with van der Waals surface area (Å²) in [5, 5.41) is 9.75. The molecular formula is C34H32ClF4NO6S. The molecule has 2 aliphatic carbocycles. The summed E-state index contributed by atoms with van der Waals surface area (Å²) < 4.78 is 88.5. The lowest BCUT2D eigenvalue weighted by Gasteiger charge is -2.43. The maximum Gasteiger partial charge on any atom is 0.416 e. The van der Waals surface area contributed by atoms with Gasteiger partial charge in [0.25, 0.3) is 0 Å². The normalized spacial score (nSPS) is 24.4. The molecule has 0 bridgehead atoms. The number of aryl methyl sites for hydroxylation is 1. The highest BCUT2D eigenvalue weighted by Gasteiger charge is 2.61. The van der Waals surface area contributed by atoms with E-state index in [2.05, 4.69) is 0 Å². The van der Waals surface area contributed by atoms with E-state index in [1.807, 2.05) is 0 Å². The fraction of sp³-hybridized carbons (Fsp3) is 0.412. The molecule has 47 heavy (non-hydrogen) atoms. The van der Waals surface area contributed by atoms with Gasteiger partial charge in [0.1, 0.15) is 22.9 Å². The number of carbonyl (C=O) groups excluding carboxylic acids is 1. The van der Waals surface area contributed by atoms with Crippen LogP contribution in [0.25, 0.3) is 0 Å². The number of hydrogen-bond donors (Lipinski definition) is 1. The largest absolute Gasteiger partial charge is 0.489 e. The van der Waals surface area contributed by atoms with Crippen molar-refractivity contribution in [3.63, 3.8) is 0 Å². The number of sulfone groups is 1. The van der Waals surface area contributed by atoms with Gasteiger partial charge in [0, 0.05) is 23.0 Å². The van der Waals surface area contributed by atoms with E-state index >= 15 is 0 Å². The average molecular weight is 694 g/mol. The molecule has 1 N–H and O–H groups in total. The number of aliphatic carboxylic acids is 1. The highest BCUT2D eigenvalue weighted by atomic mass is 35.5. The topological polar surface area (TPSA) is 101 Å². The molecule has 3 aromatic carbocycles. The van der Waals surface area contributed by atoms with Crippen molar-refractivity contribution >= 4 is 33.3 Å². The molecule has 250 valence electrons. The number of carbonyl (C=O) groups is 2. The second kappa shape index (κ2) is 12.4. The molecule has 13 heteroatoms. The number of ether oxygens (including phenoxy) is 1. The molecule has 0 aromatic heterocycles. The van der Waals surface area contributed by atoms with Gasteiger partial charge < -0.3 is 14.7 Å². The zero-order valence-corrected chi connectivity index (χ0v) is 26.7. The Balaban J connectivity index is 1.35. The minimum atomic E-state index is -4.78. The molecule has 0 radical (unpaired) electrons. The van der Waals surface area contributed by atoms with E-state index in [1.165, 1.54) is 30.3 Å². The molecule has 1 saturated heterocycles. The molecule has 2 atom stereocenters. The lowest BCUT2D eigenvalue weighted by atomic mass is 9.77. The molecule has 0 unspecified atom stereocenters. The number of hydrogen-bond acceptors (Lipinski definition) is 5. The van der Waals surface area contributed by atoms with Crippen LogP contribution in [0, 0.1) is 17.7 Å². The number of carboxylic acids is 1. The zero-order chi connectivity index (χ0) is 33.7. The third-order valence-corrected chi connectivity index (χ3v) is 12.8. The van der Waals surface area contributed by atoms with Crippen molar-refractivity contribution in [1.29, 1.82) is 0 Å². The van der Waals surface area contributed by atoms with Gasteiger partial charge in [-0.15, -0.1) is 0 Å². The number of halogens is 5. The summed E-state index contributed by atoms with van der Waals surface area (Å²) in [7, 11) is -4.15. The number of likely N-dealkylation sites (tertiary alicyclic amines) is 1. The summed E-state index contributed by atoms with van der Waals surface area (Å²) in [6.07, 6.45) is -2.45. The fourth-order valence-electron chi connectivity index (χ4n) is 7.63. The summed E-state index contributed by atoms with van der Waals surface area (Å²) in [6, 6.07) is 12.4. The summed E-state index contributed by atoms with van der Waals surface area (Å²) in [5.41, 5.74) is -0.694. The van der Waals surface area contributed by atoms with Gasteiger partial charge in [-0.25, -0.2) is 12.8 Å².